The van der Waals surface area contributed by atoms with Crippen molar-refractivity contribution >= 4 is 0 Å². The van der Waals surface area contributed by atoms with E-state index in [9.17, 15) is 5.11 Å². The highest BCUT2D eigenvalue weighted by atomic mass is 16.3. The van der Waals surface area contributed by atoms with Crippen LogP contribution in [0.3, 0.4) is 0 Å². The maximum atomic E-state index is 9.63. The Morgan fingerprint density at radius 3 is 2.45 bits per heavy atom. The first kappa shape index (κ1) is 8.21. The van der Waals surface area contributed by atoms with Gasteiger partial charge in [0.2, 0.25) is 0 Å². The predicted molar refractivity (Wildman–Crippen MR) is 44.2 cm³/mol. The van der Waals surface area contributed by atoms with E-state index in [0.29, 0.717) is 0 Å². The molecule has 1 aromatic rings. The van der Waals surface area contributed by atoms with Gasteiger partial charge in [0.25, 0.3) is 0 Å². The first-order chi connectivity index (χ1) is 5.02. The third-order valence-corrected chi connectivity index (χ3v) is 1.70. The Hall–Kier alpha value is -0.890. The molecule has 0 bridgehead atoms. The third kappa shape index (κ3) is 1.77. The summed E-state index contributed by atoms with van der Waals surface area (Å²) in [5, 5.41) is 9.63. The van der Waals surface area contributed by atoms with Gasteiger partial charge in [-0.2, -0.15) is 0 Å². The fourth-order valence-corrected chi connectivity index (χ4v) is 1.10. The molecule has 0 atom stereocenters. The van der Waals surface area contributed by atoms with Crippen LogP contribution in [0.1, 0.15) is 25.0 Å². The minimum absolute atomic E-state index is 0.779. The molecule has 60 valence electrons. The van der Waals surface area contributed by atoms with Crippen molar-refractivity contribution in [2.24, 2.45) is 0 Å². The molecule has 2 nitrogen and oxygen atoms in total. The molecule has 0 spiro atoms. The van der Waals surface area contributed by atoms with Crippen LogP contribution in [0.4, 0.5) is 0 Å². The van der Waals surface area contributed by atoms with Crippen LogP contribution < -0.4 is 0 Å². The standard InChI is InChI=1S/C9H13NO/c1-7-4-5-10-6-8(7)9(2,3)11/h4-6,11H,1-3H3. The third-order valence-electron chi connectivity index (χ3n) is 1.70. The van der Waals surface area contributed by atoms with Gasteiger partial charge in [-0.15, -0.1) is 0 Å². The van der Waals surface area contributed by atoms with Gasteiger partial charge in [0.1, 0.15) is 0 Å². The molecule has 0 saturated heterocycles. The van der Waals surface area contributed by atoms with Crippen LogP contribution in [-0.4, -0.2) is 10.1 Å². The van der Waals surface area contributed by atoms with Gasteiger partial charge in [-0.3, -0.25) is 4.98 Å². The highest BCUT2D eigenvalue weighted by molar-refractivity contribution is 5.26. The van der Waals surface area contributed by atoms with E-state index in [2.05, 4.69) is 4.98 Å². The Morgan fingerprint density at radius 2 is 2.09 bits per heavy atom. The molecule has 0 saturated carbocycles. The zero-order valence-electron chi connectivity index (χ0n) is 7.13. The van der Waals surface area contributed by atoms with Crippen molar-refractivity contribution in [2.45, 2.75) is 26.4 Å². The van der Waals surface area contributed by atoms with Gasteiger partial charge in [0.15, 0.2) is 0 Å². The van der Waals surface area contributed by atoms with Crippen LogP contribution >= 0.6 is 0 Å². The van der Waals surface area contributed by atoms with Crippen molar-refractivity contribution in [2.75, 3.05) is 0 Å². The molecule has 1 aromatic heterocycles. The molecule has 0 unspecified atom stereocenters. The maximum Gasteiger partial charge on any atom is 0.0857 e. The van der Waals surface area contributed by atoms with E-state index in [0.717, 1.165) is 11.1 Å². The summed E-state index contributed by atoms with van der Waals surface area (Å²) < 4.78 is 0. The number of hydrogen-bond donors (Lipinski definition) is 1. The Kier molecular flexibility index (Phi) is 1.96. The second-order valence-corrected chi connectivity index (χ2v) is 3.25. The summed E-state index contributed by atoms with van der Waals surface area (Å²) in [6.45, 7) is 5.49. The van der Waals surface area contributed by atoms with Gasteiger partial charge in [-0.1, -0.05) is 0 Å². The molecular formula is C9H13NO. The Balaban J connectivity index is 3.14. The number of aryl methyl sites for hydroxylation is 1. The molecule has 0 amide bonds. The van der Waals surface area contributed by atoms with Gasteiger partial charge < -0.3 is 5.11 Å². The van der Waals surface area contributed by atoms with Crippen LogP contribution in [0.25, 0.3) is 0 Å². The van der Waals surface area contributed by atoms with Gasteiger partial charge in [-0.25, -0.2) is 0 Å². The van der Waals surface area contributed by atoms with E-state index in [-0.39, 0.29) is 0 Å². The van der Waals surface area contributed by atoms with Crippen molar-refractivity contribution in [3.8, 4) is 0 Å². The molecule has 1 N–H and O–H groups in total. The fraction of sp³-hybridized carbons (Fsp3) is 0.444. The summed E-state index contributed by atoms with van der Waals surface area (Å²) in [4.78, 5) is 3.95. The molecular weight excluding hydrogens is 138 g/mol. The van der Waals surface area contributed by atoms with E-state index < -0.39 is 5.60 Å². The summed E-state index contributed by atoms with van der Waals surface area (Å²) in [5.74, 6) is 0. The van der Waals surface area contributed by atoms with Gasteiger partial charge in [0, 0.05) is 18.0 Å². The first-order valence-electron chi connectivity index (χ1n) is 3.65. The minimum Gasteiger partial charge on any atom is -0.386 e. The number of pyridine rings is 1. The highest BCUT2D eigenvalue weighted by Gasteiger charge is 2.17. The summed E-state index contributed by atoms with van der Waals surface area (Å²) in [5.41, 5.74) is 1.19. The van der Waals surface area contributed by atoms with E-state index >= 15 is 0 Å². The minimum atomic E-state index is -0.779. The van der Waals surface area contributed by atoms with Gasteiger partial charge >= 0.3 is 0 Å². The lowest BCUT2D eigenvalue weighted by Gasteiger charge is -2.18. The number of hydrogen-bond acceptors (Lipinski definition) is 2. The average Bonchev–Trinajstić information content (AvgIpc) is 1.86. The molecule has 0 aliphatic rings. The monoisotopic (exact) mass is 151 g/mol. The van der Waals surface area contributed by atoms with Crippen LogP contribution in [0.15, 0.2) is 18.5 Å². The van der Waals surface area contributed by atoms with Crippen molar-refractivity contribution in [3.63, 3.8) is 0 Å². The van der Waals surface area contributed by atoms with Crippen molar-refractivity contribution < 1.29 is 5.11 Å². The zero-order valence-corrected chi connectivity index (χ0v) is 7.13. The van der Waals surface area contributed by atoms with Crippen LogP contribution in [0, 0.1) is 6.92 Å². The molecule has 0 fully saturated rings. The maximum absolute atomic E-state index is 9.63. The van der Waals surface area contributed by atoms with Crippen LogP contribution in [-0.2, 0) is 5.60 Å². The smallest absolute Gasteiger partial charge is 0.0857 e. The highest BCUT2D eigenvalue weighted by Crippen LogP contribution is 2.21. The summed E-state index contributed by atoms with van der Waals surface area (Å²) in [6, 6.07) is 1.90. The van der Waals surface area contributed by atoms with Crippen LogP contribution in [0.5, 0.6) is 0 Å². The van der Waals surface area contributed by atoms with Crippen molar-refractivity contribution in [1.29, 1.82) is 0 Å². The molecule has 11 heavy (non-hydrogen) atoms. The normalized spacial score (nSPS) is 11.6. The van der Waals surface area contributed by atoms with E-state index in [4.69, 9.17) is 0 Å². The summed E-state index contributed by atoms with van der Waals surface area (Å²) in [6.07, 6.45) is 3.43. The van der Waals surface area contributed by atoms with E-state index in [1.165, 1.54) is 0 Å². The van der Waals surface area contributed by atoms with E-state index in [1.54, 1.807) is 26.2 Å². The lowest BCUT2D eigenvalue weighted by molar-refractivity contribution is 0.0775. The van der Waals surface area contributed by atoms with Crippen LogP contribution in [0.2, 0.25) is 0 Å². The molecule has 0 aliphatic heterocycles. The fourth-order valence-electron chi connectivity index (χ4n) is 1.10. The second kappa shape index (κ2) is 2.62. The molecule has 1 rings (SSSR count). The quantitative estimate of drug-likeness (QED) is 0.661. The molecule has 0 aliphatic carbocycles. The lowest BCUT2D eigenvalue weighted by Crippen LogP contribution is -2.17. The predicted octanol–water partition coefficient (Wildman–Crippen LogP) is 1.62. The SMILES string of the molecule is Cc1ccncc1C(C)(C)O. The Morgan fingerprint density at radius 1 is 1.45 bits per heavy atom. The average molecular weight is 151 g/mol. The first-order valence-corrected chi connectivity index (χ1v) is 3.65. The van der Waals surface area contributed by atoms with Crippen molar-refractivity contribution in [3.05, 3.63) is 29.6 Å². The summed E-state index contributed by atoms with van der Waals surface area (Å²) >= 11 is 0. The Labute approximate surface area is 66.9 Å². The lowest BCUT2D eigenvalue weighted by atomic mass is 9.96. The zero-order chi connectivity index (χ0) is 8.48. The topological polar surface area (TPSA) is 33.1 Å². The van der Waals surface area contributed by atoms with Crippen molar-refractivity contribution in [1.82, 2.24) is 4.98 Å². The second-order valence-electron chi connectivity index (χ2n) is 3.25. The number of aliphatic hydroxyl groups is 1. The molecule has 2 heteroatoms. The van der Waals surface area contributed by atoms with Gasteiger partial charge in [-0.05, 0) is 32.4 Å². The number of nitrogens with zero attached hydrogens (tertiary/aromatic N) is 1. The summed E-state index contributed by atoms with van der Waals surface area (Å²) in [7, 11) is 0. The largest absolute Gasteiger partial charge is 0.386 e. The molecule has 0 aromatic carbocycles. The van der Waals surface area contributed by atoms with E-state index in [1.807, 2.05) is 13.0 Å². The molecule has 1 heterocycles. The Bertz CT molecular complexity index is 250. The molecule has 0 radical (unpaired) electrons. The van der Waals surface area contributed by atoms with Gasteiger partial charge in [0.05, 0.1) is 5.60 Å². The number of rotatable bonds is 1. The number of aromatic nitrogens is 1.